The number of carbonyl (C=O) groups is 2. The van der Waals surface area contributed by atoms with Crippen molar-refractivity contribution in [2.24, 2.45) is 0 Å². The van der Waals surface area contributed by atoms with Crippen molar-refractivity contribution in [2.45, 2.75) is 33.2 Å². The van der Waals surface area contributed by atoms with Crippen molar-refractivity contribution in [1.82, 2.24) is 9.88 Å². The average molecular weight is 313 g/mol. The van der Waals surface area contributed by atoms with Crippen LogP contribution in [0.2, 0.25) is 0 Å². The number of nitrogens with zero attached hydrogens (tertiary/aromatic N) is 2. The topological polar surface area (TPSA) is 71.5 Å². The molecule has 0 aliphatic rings. The summed E-state index contributed by atoms with van der Waals surface area (Å²) in [5.74, 6) is -0.725. The zero-order valence-electron chi connectivity index (χ0n) is 13.2. The Bertz CT molecular complexity index is 500. The molecule has 1 unspecified atom stereocenters. The van der Waals surface area contributed by atoms with Gasteiger partial charge in [0.25, 0.3) is 0 Å². The minimum absolute atomic E-state index is 0.108. The number of esters is 1. The lowest BCUT2D eigenvalue weighted by Gasteiger charge is -2.15. The molecule has 1 aromatic rings. The Morgan fingerprint density at radius 1 is 1.43 bits per heavy atom. The zero-order chi connectivity index (χ0) is 16.0. The summed E-state index contributed by atoms with van der Waals surface area (Å²) in [5, 5.41) is 3.81. The van der Waals surface area contributed by atoms with Crippen LogP contribution in [-0.2, 0) is 4.74 Å². The van der Waals surface area contributed by atoms with Crippen molar-refractivity contribution in [2.75, 3.05) is 32.6 Å². The van der Waals surface area contributed by atoms with Crippen LogP contribution in [0.1, 0.15) is 47.4 Å². The maximum absolute atomic E-state index is 11.8. The molecule has 1 heterocycles. The summed E-state index contributed by atoms with van der Waals surface area (Å²) in [6.45, 7) is 6.40. The van der Waals surface area contributed by atoms with Gasteiger partial charge in [0.15, 0.2) is 16.6 Å². The van der Waals surface area contributed by atoms with E-state index in [2.05, 4.69) is 15.2 Å². The van der Waals surface area contributed by atoms with Gasteiger partial charge in [0, 0.05) is 13.0 Å². The van der Waals surface area contributed by atoms with Crippen LogP contribution in [0.5, 0.6) is 0 Å². The highest BCUT2D eigenvalue weighted by atomic mass is 32.1. The second-order valence-electron chi connectivity index (χ2n) is 5.11. The molecule has 0 saturated heterocycles. The van der Waals surface area contributed by atoms with Gasteiger partial charge in [-0.15, -0.1) is 0 Å². The number of rotatable bonds is 8. The molecule has 7 heteroatoms. The normalized spacial score (nSPS) is 12.3. The molecular formula is C14H23N3O3S. The molecule has 0 radical (unpaired) electrons. The van der Waals surface area contributed by atoms with Crippen LogP contribution >= 0.6 is 11.3 Å². The Balaban J connectivity index is 2.82. The van der Waals surface area contributed by atoms with Gasteiger partial charge in [-0.2, -0.15) is 0 Å². The number of Topliss-reactive ketones (excluding diaryl/α,β-unsaturated/α-hetero) is 1. The predicted molar refractivity (Wildman–Crippen MR) is 84.3 cm³/mol. The fourth-order valence-electron chi connectivity index (χ4n) is 1.69. The van der Waals surface area contributed by atoms with Crippen molar-refractivity contribution in [3.05, 3.63) is 10.6 Å². The maximum atomic E-state index is 11.8. The van der Waals surface area contributed by atoms with Crippen molar-refractivity contribution < 1.29 is 14.3 Å². The van der Waals surface area contributed by atoms with Crippen LogP contribution < -0.4 is 5.32 Å². The molecule has 6 nitrogen and oxygen atoms in total. The van der Waals surface area contributed by atoms with Gasteiger partial charge in [-0.25, -0.2) is 9.78 Å². The Morgan fingerprint density at radius 2 is 2.10 bits per heavy atom. The first-order valence-corrected chi connectivity index (χ1v) is 7.77. The van der Waals surface area contributed by atoms with E-state index in [9.17, 15) is 9.59 Å². The van der Waals surface area contributed by atoms with Gasteiger partial charge in [-0.1, -0.05) is 11.3 Å². The van der Waals surface area contributed by atoms with E-state index in [1.165, 1.54) is 18.3 Å². The van der Waals surface area contributed by atoms with E-state index >= 15 is 0 Å². The summed E-state index contributed by atoms with van der Waals surface area (Å²) in [6.07, 6.45) is 0.941. The van der Waals surface area contributed by atoms with Crippen molar-refractivity contribution in [1.29, 1.82) is 0 Å². The van der Waals surface area contributed by atoms with Gasteiger partial charge >= 0.3 is 5.97 Å². The van der Waals surface area contributed by atoms with Crippen LogP contribution in [-0.4, -0.2) is 54.9 Å². The predicted octanol–water partition coefficient (Wildman–Crippen LogP) is 2.27. The number of carbonyl (C=O) groups excluding carboxylic acids is 2. The summed E-state index contributed by atoms with van der Waals surface area (Å²) >= 11 is 1.20. The summed E-state index contributed by atoms with van der Waals surface area (Å²) in [5.41, 5.74) is 0.108. The van der Waals surface area contributed by atoms with Crippen LogP contribution in [0.15, 0.2) is 0 Å². The monoisotopic (exact) mass is 313 g/mol. The van der Waals surface area contributed by atoms with Gasteiger partial charge in [-0.05, 0) is 40.9 Å². The molecule has 0 fully saturated rings. The van der Waals surface area contributed by atoms with Crippen LogP contribution in [0, 0.1) is 0 Å². The van der Waals surface area contributed by atoms with E-state index in [-0.39, 0.29) is 24.1 Å². The molecule has 1 N–H and O–H groups in total. The van der Waals surface area contributed by atoms with E-state index in [4.69, 9.17) is 4.74 Å². The number of ketones is 1. The molecule has 0 aromatic carbocycles. The molecule has 21 heavy (non-hydrogen) atoms. The lowest BCUT2D eigenvalue weighted by Crippen LogP contribution is -2.23. The van der Waals surface area contributed by atoms with E-state index in [0.717, 1.165) is 13.0 Å². The molecule has 0 aliphatic carbocycles. The quantitative estimate of drug-likeness (QED) is 0.586. The number of nitrogens with one attached hydrogen (secondary N) is 1. The Kier molecular flexibility index (Phi) is 6.77. The highest BCUT2D eigenvalue weighted by Gasteiger charge is 2.22. The van der Waals surface area contributed by atoms with E-state index < -0.39 is 5.97 Å². The lowest BCUT2D eigenvalue weighted by atomic mass is 10.2. The largest absolute Gasteiger partial charge is 0.461 e. The molecule has 1 atom stereocenters. The van der Waals surface area contributed by atoms with Crippen molar-refractivity contribution in [3.8, 4) is 0 Å². The average Bonchev–Trinajstić information content (AvgIpc) is 2.81. The number of ether oxygens (including phenoxy) is 1. The summed E-state index contributed by atoms with van der Waals surface area (Å²) < 4.78 is 4.93. The standard InChI is InChI=1S/C14H23N3O3S/c1-6-20-13(19)11-12(10(3)18)21-14(16-11)15-9(2)7-8-17(4)5/h9H,6-8H2,1-5H3,(H,15,16). The number of aromatic nitrogens is 1. The second kappa shape index (κ2) is 8.09. The molecule has 1 rings (SSSR count). The molecule has 0 spiro atoms. The van der Waals surface area contributed by atoms with Crippen LogP contribution in [0.25, 0.3) is 0 Å². The van der Waals surface area contributed by atoms with Crippen molar-refractivity contribution in [3.63, 3.8) is 0 Å². The number of anilines is 1. The molecule has 0 bridgehead atoms. The number of thiazole rings is 1. The molecule has 0 aliphatic heterocycles. The van der Waals surface area contributed by atoms with E-state index in [1.54, 1.807) is 6.92 Å². The first kappa shape index (κ1) is 17.6. The van der Waals surface area contributed by atoms with Gasteiger partial charge in [0.2, 0.25) is 0 Å². The Labute approximate surface area is 129 Å². The van der Waals surface area contributed by atoms with E-state index in [1.807, 2.05) is 21.0 Å². The lowest BCUT2D eigenvalue weighted by molar-refractivity contribution is 0.0517. The van der Waals surface area contributed by atoms with E-state index in [0.29, 0.717) is 10.0 Å². The van der Waals surface area contributed by atoms with Gasteiger partial charge in [-0.3, -0.25) is 4.79 Å². The molecular weight excluding hydrogens is 290 g/mol. The summed E-state index contributed by atoms with van der Waals surface area (Å²) in [7, 11) is 4.03. The molecule has 118 valence electrons. The first-order valence-electron chi connectivity index (χ1n) is 6.95. The van der Waals surface area contributed by atoms with Gasteiger partial charge in [0.05, 0.1) is 6.61 Å². The highest BCUT2D eigenvalue weighted by molar-refractivity contribution is 7.17. The van der Waals surface area contributed by atoms with Crippen molar-refractivity contribution >= 4 is 28.2 Å². The Morgan fingerprint density at radius 3 is 2.62 bits per heavy atom. The maximum Gasteiger partial charge on any atom is 0.358 e. The third kappa shape index (κ3) is 5.43. The fourth-order valence-corrected chi connectivity index (χ4v) is 2.65. The summed E-state index contributed by atoms with van der Waals surface area (Å²) in [6, 6.07) is 0.202. The molecule has 0 amide bonds. The number of hydrogen-bond donors (Lipinski definition) is 1. The first-order chi connectivity index (χ1) is 9.85. The third-order valence-electron chi connectivity index (χ3n) is 2.79. The van der Waals surface area contributed by atoms with Crippen LogP contribution in [0.3, 0.4) is 0 Å². The summed E-state index contributed by atoms with van der Waals surface area (Å²) in [4.78, 5) is 30.1. The van der Waals surface area contributed by atoms with Gasteiger partial charge in [0.1, 0.15) is 4.88 Å². The fraction of sp³-hybridized carbons (Fsp3) is 0.643. The highest BCUT2D eigenvalue weighted by Crippen LogP contribution is 2.25. The minimum atomic E-state index is -0.548. The Hall–Kier alpha value is -1.47. The third-order valence-corrected chi connectivity index (χ3v) is 3.88. The molecule has 1 aromatic heterocycles. The minimum Gasteiger partial charge on any atom is -0.461 e. The zero-order valence-corrected chi connectivity index (χ0v) is 14.0. The smallest absolute Gasteiger partial charge is 0.358 e. The van der Waals surface area contributed by atoms with Crippen LogP contribution in [0.4, 0.5) is 5.13 Å². The molecule has 0 saturated carbocycles. The van der Waals surface area contributed by atoms with Gasteiger partial charge < -0.3 is 15.0 Å². The number of hydrogen-bond acceptors (Lipinski definition) is 7. The second-order valence-corrected chi connectivity index (χ2v) is 6.11. The SMILES string of the molecule is CCOC(=O)c1nc(NC(C)CCN(C)C)sc1C(C)=O.